The van der Waals surface area contributed by atoms with Crippen molar-refractivity contribution in [1.29, 1.82) is 0 Å². The molecule has 8 nitrogen and oxygen atoms in total. The summed E-state index contributed by atoms with van der Waals surface area (Å²) in [5, 5.41) is 3.09. The largest absolute Gasteiger partial charge is 0.349 e. The summed E-state index contributed by atoms with van der Waals surface area (Å²) in [6.45, 7) is 3.95. The van der Waals surface area contributed by atoms with Crippen molar-refractivity contribution in [2.24, 2.45) is 7.05 Å². The van der Waals surface area contributed by atoms with Crippen LogP contribution in [0.25, 0.3) is 11.0 Å². The SMILES string of the molecule is CCn1c(=O)c2c(C(=O)NC3CCCCC3)cc(=O)n(CC)c2n(C)c1=O. The first kappa shape index (κ1) is 19.1. The zero-order chi connectivity index (χ0) is 19.7. The van der Waals surface area contributed by atoms with Gasteiger partial charge in [0.25, 0.3) is 17.0 Å². The van der Waals surface area contributed by atoms with Crippen LogP contribution in [0.2, 0.25) is 0 Å². The van der Waals surface area contributed by atoms with Gasteiger partial charge in [0, 0.05) is 32.2 Å². The van der Waals surface area contributed by atoms with E-state index in [0.717, 1.165) is 36.7 Å². The number of hydrogen-bond donors (Lipinski definition) is 1. The van der Waals surface area contributed by atoms with Gasteiger partial charge in [0.1, 0.15) is 5.65 Å². The highest BCUT2D eigenvalue weighted by atomic mass is 16.2. The van der Waals surface area contributed by atoms with Crippen LogP contribution in [0, 0.1) is 0 Å². The standard InChI is InChI=1S/C19H26N4O4/c1-4-22-14(24)11-13(16(25)20-12-9-7-6-8-10-12)15-17(22)21(3)19(27)23(5-2)18(15)26/h11-12H,4-10H2,1-3H3,(H,20,25). The van der Waals surface area contributed by atoms with E-state index in [1.165, 1.54) is 22.2 Å². The molecule has 1 N–H and O–H groups in total. The van der Waals surface area contributed by atoms with Gasteiger partial charge in [0.2, 0.25) is 0 Å². The van der Waals surface area contributed by atoms with Gasteiger partial charge in [-0.15, -0.1) is 0 Å². The fraction of sp³-hybridized carbons (Fsp3) is 0.579. The average Bonchev–Trinajstić information content (AvgIpc) is 2.66. The maximum absolute atomic E-state index is 13.0. The van der Waals surface area contributed by atoms with Crippen molar-refractivity contribution in [1.82, 2.24) is 19.0 Å². The van der Waals surface area contributed by atoms with Gasteiger partial charge in [-0.1, -0.05) is 19.3 Å². The van der Waals surface area contributed by atoms with E-state index in [-0.39, 0.29) is 29.2 Å². The van der Waals surface area contributed by atoms with Crippen LogP contribution in [0.15, 0.2) is 20.4 Å². The summed E-state index contributed by atoms with van der Waals surface area (Å²) >= 11 is 0. The second kappa shape index (κ2) is 7.54. The molecule has 0 aliphatic heterocycles. The molecule has 1 aliphatic rings. The molecule has 27 heavy (non-hydrogen) atoms. The van der Waals surface area contributed by atoms with Crippen molar-refractivity contribution in [3.63, 3.8) is 0 Å². The number of pyridine rings is 1. The molecule has 1 fully saturated rings. The predicted octanol–water partition coefficient (Wildman–Crippen LogP) is 0.964. The molecule has 1 aliphatic carbocycles. The monoisotopic (exact) mass is 374 g/mol. The molecular weight excluding hydrogens is 348 g/mol. The fourth-order valence-corrected chi connectivity index (χ4v) is 3.96. The molecule has 0 spiro atoms. The molecule has 2 aromatic rings. The molecule has 146 valence electrons. The molecule has 1 amide bonds. The average molecular weight is 374 g/mol. The van der Waals surface area contributed by atoms with Gasteiger partial charge >= 0.3 is 5.69 Å². The fourth-order valence-electron chi connectivity index (χ4n) is 3.96. The summed E-state index contributed by atoms with van der Waals surface area (Å²) in [6.07, 6.45) is 5.06. The summed E-state index contributed by atoms with van der Waals surface area (Å²) < 4.78 is 3.72. The molecule has 8 heteroatoms. The Kier molecular flexibility index (Phi) is 5.34. The van der Waals surface area contributed by atoms with Crippen LogP contribution in [-0.4, -0.2) is 25.7 Å². The molecule has 0 radical (unpaired) electrons. The third-order valence-corrected chi connectivity index (χ3v) is 5.39. The Morgan fingerprint density at radius 3 is 2.30 bits per heavy atom. The van der Waals surface area contributed by atoms with Crippen molar-refractivity contribution in [3.05, 3.63) is 42.8 Å². The molecule has 0 saturated heterocycles. The molecule has 0 aromatic carbocycles. The zero-order valence-electron chi connectivity index (χ0n) is 16.1. The highest BCUT2D eigenvalue weighted by Gasteiger charge is 2.24. The topological polar surface area (TPSA) is 95.1 Å². The lowest BCUT2D eigenvalue weighted by Gasteiger charge is -2.23. The lowest BCUT2D eigenvalue weighted by atomic mass is 9.95. The summed E-state index contributed by atoms with van der Waals surface area (Å²) in [6, 6.07) is 1.27. The maximum atomic E-state index is 13.0. The number of fused-ring (bicyclic) bond motifs is 1. The highest BCUT2D eigenvalue weighted by Crippen LogP contribution is 2.19. The Bertz CT molecular complexity index is 1050. The van der Waals surface area contributed by atoms with Crippen LogP contribution < -0.4 is 22.1 Å². The van der Waals surface area contributed by atoms with E-state index in [4.69, 9.17) is 0 Å². The van der Waals surface area contributed by atoms with E-state index in [1.807, 2.05) is 0 Å². The Morgan fingerprint density at radius 1 is 1.07 bits per heavy atom. The van der Waals surface area contributed by atoms with Crippen molar-refractivity contribution in [2.45, 2.75) is 65.1 Å². The molecule has 2 aromatic heterocycles. The summed E-state index contributed by atoms with van der Waals surface area (Å²) in [4.78, 5) is 51.0. The minimum Gasteiger partial charge on any atom is -0.349 e. The van der Waals surface area contributed by atoms with Crippen LogP contribution >= 0.6 is 0 Å². The second-order valence-electron chi connectivity index (χ2n) is 7.04. The molecular formula is C19H26N4O4. The number of nitrogens with one attached hydrogen (secondary N) is 1. The van der Waals surface area contributed by atoms with E-state index < -0.39 is 22.7 Å². The van der Waals surface area contributed by atoms with E-state index in [1.54, 1.807) is 13.8 Å². The number of hydrogen-bond acceptors (Lipinski definition) is 4. The Morgan fingerprint density at radius 2 is 1.70 bits per heavy atom. The number of amides is 1. The number of aromatic nitrogens is 3. The van der Waals surface area contributed by atoms with Crippen molar-refractivity contribution >= 4 is 16.9 Å². The minimum atomic E-state index is -0.536. The van der Waals surface area contributed by atoms with Crippen molar-refractivity contribution < 1.29 is 4.79 Å². The lowest BCUT2D eigenvalue weighted by Crippen LogP contribution is -2.43. The van der Waals surface area contributed by atoms with Gasteiger partial charge in [-0.25, -0.2) is 4.79 Å². The molecule has 0 bridgehead atoms. The quantitative estimate of drug-likeness (QED) is 0.862. The smallest absolute Gasteiger partial charge is 0.332 e. The Labute approximate surface area is 156 Å². The van der Waals surface area contributed by atoms with Crippen molar-refractivity contribution in [2.75, 3.05) is 0 Å². The summed E-state index contributed by atoms with van der Waals surface area (Å²) in [7, 11) is 1.52. The highest BCUT2D eigenvalue weighted by molar-refractivity contribution is 6.05. The van der Waals surface area contributed by atoms with Gasteiger partial charge in [-0.2, -0.15) is 0 Å². The third kappa shape index (κ3) is 3.24. The van der Waals surface area contributed by atoms with Crippen LogP contribution in [0.5, 0.6) is 0 Å². The lowest BCUT2D eigenvalue weighted by molar-refractivity contribution is 0.0929. The van der Waals surface area contributed by atoms with Gasteiger partial charge in [-0.05, 0) is 26.7 Å². The molecule has 0 unspecified atom stereocenters. The maximum Gasteiger partial charge on any atom is 0.332 e. The van der Waals surface area contributed by atoms with E-state index in [0.29, 0.717) is 6.54 Å². The van der Waals surface area contributed by atoms with E-state index in [9.17, 15) is 19.2 Å². The molecule has 2 heterocycles. The van der Waals surface area contributed by atoms with Crippen LogP contribution in [0.3, 0.4) is 0 Å². The Hall–Kier alpha value is -2.64. The first-order chi connectivity index (χ1) is 12.9. The van der Waals surface area contributed by atoms with Crippen LogP contribution in [0.1, 0.15) is 56.3 Å². The predicted molar refractivity (Wildman–Crippen MR) is 103 cm³/mol. The second-order valence-corrected chi connectivity index (χ2v) is 7.04. The van der Waals surface area contributed by atoms with Crippen LogP contribution in [0.4, 0.5) is 0 Å². The van der Waals surface area contributed by atoms with Crippen molar-refractivity contribution in [3.8, 4) is 0 Å². The third-order valence-electron chi connectivity index (χ3n) is 5.39. The van der Waals surface area contributed by atoms with E-state index >= 15 is 0 Å². The summed E-state index contributed by atoms with van der Waals surface area (Å²) in [5.41, 5.74) is -1.19. The number of carbonyl (C=O) groups excluding carboxylic acids is 1. The molecule has 3 rings (SSSR count). The first-order valence-corrected chi connectivity index (χ1v) is 9.58. The Balaban J connectivity index is 2.28. The summed E-state index contributed by atoms with van der Waals surface area (Å²) in [5.74, 6) is -0.425. The van der Waals surface area contributed by atoms with Crippen LogP contribution in [-0.2, 0) is 20.1 Å². The number of carbonyl (C=O) groups is 1. The normalized spacial score (nSPS) is 15.2. The first-order valence-electron chi connectivity index (χ1n) is 9.58. The van der Waals surface area contributed by atoms with E-state index in [2.05, 4.69) is 5.32 Å². The van der Waals surface area contributed by atoms with Gasteiger partial charge in [-0.3, -0.25) is 28.1 Å². The number of nitrogens with zero attached hydrogens (tertiary/aromatic N) is 3. The van der Waals surface area contributed by atoms with Gasteiger partial charge < -0.3 is 5.32 Å². The molecule has 0 atom stereocenters. The van der Waals surface area contributed by atoms with Gasteiger partial charge in [0.15, 0.2) is 0 Å². The number of rotatable bonds is 4. The number of aryl methyl sites for hydroxylation is 2. The minimum absolute atomic E-state index is 0.0491. The molecule has 1 saturated carbocycles. The zero-order valence-corrected chi connectivity index (χ0v) is 16.1. The van der Waals surface area contributed by atoms with Gasteiger partial charge in [0.05, 0.1) is 10.9 Å².